The van der Waals surface area contributed by atoms with Crippen molar-refractivity contribution in [2.45, 2.75) is 12.6 Å². The van der Waals surface area contributed by atoms with Gasteiger partial charge in [-0.15, -0.1) is 0 Å². The second-order valence-electron chi connectivity index (χ2n) is 7.19. The number of rotatable bonds is 5. The lowest BCUT2D eigenvalue weighted by Crippen LogP contribution is -2.29. The van der Waals surface area contributed by atoms with Crippen molar-refractivity contribution in [3.63, 3.8) is 0 Å². The molecule has 1 atom stereocenters. The molecule has 3 aromatic rings. The maximum absolute atomic E-state index is 13.1. The van der Waals surface area contributed by atoms with Crippen LogP contribution < -0.4 is 4.74 Å². The Balaban J connectivity index is 1.89. The van der Waals surface area contributed by atoms with Crippen LogP contribution in [0.1, 0.15) is 22.7 Å². The predicted molar refractivity (Wildman–Crippen MR) is 122 cm³/mol. The van der Waals surface area contributed by atoms with Crippen molar-refractivity contribution >= 4 is 40.7 Å². The zero-order valence-corrected chi connectivity index (χ0v) is 18.5. The highest BCUT2D eigenvalue weighted by molar-refractivity contribution is 6.46. The Labute approximate surface area is 194 Å². The molecular formula is C24H18Cl2N2O4. The van der Waals surface area contributed by atoms with E-state index in [1.807, 2.05) is 0 Å². The zero-order valence-electron chi connectivity index (χ0n) is 17.0. The summed E-state index contributed by atoms with van der Waals surface area (Å²) in [6.07, 6.45) is 3.24. The van der Waals surface area contributed by atoms with Crippen molar-refractivity contribution in [1.29, 1.82) is 0 Å². The fourth-order valence-electron chi connectivity index (χ4n) is 3.69. The van der Waals surface area contributed by atoms with Crippen molar-refractivity contribution in [3.05, 3.63) is 99.3 Å². The number of carbonyl (C=O) groups excluding carboxylic acids is 2. The van der Waals surface area contributed by atoms with Gasteiger partial charge >= 0.3 is 0 Å². The molecule has 4 rings (SSSR count). The highest BCUT2D eigenvalue weighted by Gasteiger charge is 2.46. The number of amides is 1. The molecule has 2 aromatic carbocycles. The van der Waals surface area contributed by atoms with Gasteiger partial charge in [0.2, 0.25) is 0 Å². The van der Waals surface area contributed by atoms with E-state index in [4.69, 9.17) is 27.9 Å². The van der Waals surface area contributed by atoms with E-state index in [9.17, 15) is 14.7 Å². The average Bonchev–Trinajstić information content (AvgIpc) is 3.06. The van der Waals surface area contributed by atoms with E-state index < -0.39 is 17.7 Å². The summed E-state index contributed by atoms with van der Waals surface area (Å²) in [6, 6.07) is 14.2. The van der Waals surface area contributed by atoms with Gasteiger partial charge in [0, 0.05) is 24.5 Å². The van der Waals surface area contributed by atoms with Crippen LogP contribution in [-0.4, -0.2) is 33.8 Å². The highest BCUT2D eigenvalue weighted by Crippen LogP contribution is 2.41. The highest BCUT2D eigenvalue weighted by atomic mass is 35.5. The summed E-state index contributed by atoms with van der Waals surface area (Å²) in [7, 11) is 1.50. The number of aliphatic hydroxyl groups is 1. The molecule has 8 heteroatoms. The van der Waals surface area contributed by atoms with E-state index in [1.165, 1.54) is 12.0 Å². The van der Waals surface area contributed by atoms with Crippen molar-refractivity contribution in [2.24, 2.45) is 0 Å². The Morgan fingerprint density at radius 3 is 2.59 bits per heavy atom. The van der Waals surface area contributed by atoms with Crippen molar-refractivity contribution in [1.82, 2.24) is 9.88 Å². The van der Waals surface area contributed by atoms with Gasteiger partial charge < -0.3 is 14.7 Å². The first-order valence-corrected chi connectivity index (χ1v) is 10.4. The summed E-state index contributed by atoms with van der Waals surface area (Å²) in [5.74, 6) is -1.31. The molecule has 1 saturated heterocycles. The number of Topliss-reactive ketones (excluding diaryl/α,β-unsaturated/α-hetero) is 1. The Kier molecular flexibility index (Phi) is 6.17. The SMILES string of the molecule is COc1cccc(C(O)=C2C(=O)C(=O)N(Cc3cccnc3)C2c2ccc(Cl)c(Cl)c2)c1. The minimum Gasteiger partial charge on any atom is -0.507 e. The third-order valence-corrected chi connectivity index (χ3v) is 5.96. The van der Waals surface area contributed by atoms with Gasteiger partial charge in [0.25, 0.3) is 11.7 Å². The van der Waals surface area contributed by atoms with Crippen LogP contribution >= 0.6 is 23.2 Å². The number of likely N-dealkylation sites (tertiary alicyclic amines) is 1. The number of nitrogens with zero attached hydrogens (tertiary/aromatic N) is 2. The molecule has 1 amide bonds. The summed E-state index contributed by atoms with van der Waals surface area (Å²) in [6.45, 7) is 0.123. The zero-order chi connectivity index (χ0) is 22.8. The van der Waals surface area contributed by atoms with Crippen molar-refractivity contribution < 1.29 is 19.4 Å². The Morgan fingerprint density at radius 1 is 1.09 bits per heavy atom. The number of pyridine rings is 1. The monoisotopic (exact) mass is 468 g/mol. The van der Waals surface area contributed by atoms with Gasteiger partial charge in [0.1, 0.15) is 11.5 Å². The molecule has 6 nitrogen and oxygen atoms in total. The maximum Gasteiger partial charge on any atom is 0.295 e. The van der Waals surface area contributed by atoms with Crippen LogP contribution in [0.15, 0.2) is 72.6 Å². The van der Waals surface area contributed by atoms with Crippen LogP contribution in [0.25, 0.3) is 5.76 Å². The van der Waals surface area contributed by atoms with Crippen LogP contribution in [0.4, 0.5) is 0 Å². The first kappa shape index (κ1) is 21.9. The lowest BCUT2D eigenvalue weighted by molar-refractivity contribution is -0.140. The summed E-state index contributed by atoms with van der Waals surface area (Å²) in [5, 5.41) is 11.7. The summed E-state index contributed by atoms with van der Waals surface area (Å²) < 4.78 is 5.22. The number of benzene rings is 2. The molecule has 0 radical (unpaired) electrons. The average molecular weight is 469 g/mol. The van der Waals surface area contributed by atoms with E-state index in [0.717, 1.165) is 5.56 Å². The van der Waals surface area contributed by atoms with E-state index in [1.54, 1.807) is 67.0 Å². The Hall–Kier alpha value is -3.35. The standard InChI is InChI=1S/C24H18Cl2N2O4/c1-32-17-6-2-5-16(10-17)22(29)20-21(15-7-8-18(25)19(26)11-15)28(24(31)23(20)30)13-14-4-3-9-27-12-14/h2-12,21,29H,13H2,1H3. The molecule has 0 aliphatic carbocycles. The fourth-order valence-corrected chi connectivity index (χ4v) is 3.99. The number of methoxy groups -OCH3 is 1. The van der Waals surface area contributed by atoms with Crippen molar-refractivity contribution in [3.8, 4) is 5.75 Å². The first-order valence-electron chi connectivity index (χ1n) is 9.67. The Morgan fingerprint density at radius 2 is 1.91 bits per heavy atom. The number of hydrogen-bond acceptors (Lipinski definition) is 5. The largest absolute Gasteiger partial charge is 0.507 e. The predicted octanol–water partition coefficient (Wildman–Crippen LogP) is 5.02. The minimum absolute atomic E-state index is 0.0365. The number of aliphatic hydroxyl groups excluding tert-OH is 1. The van der Waals surface area contributed by atoms with Gasteiger partial charge in [-0.05, 0) is 41.5 Å². The van der Waals surface area contributed by atoms with E-state index in [-0.39, 0.29) is 22.9 Å². The quantitative estimate of drug-likeness (QED) is 0.323. The summed E-state index contributed by atoms with van der Waals surface area (Å²) in [5.41, 5.74) is 1.60. The molecule has 32 heavy (non-hydrogen) atoms. The summed E-state index contributed by atoms with van der Waals surface area (Å²) in [4.78, 5) is 31.6. The molecule has 0 spiro atoms. The lowest BCUT2D eigenvalue weighted by atomic mass is 9.95. The smallest absolute Gasteiger partial charge is 0.295 e. The molecule has 0 saturated carbocycles. The van der Waals surface area contributed by atoms with Crippen LogP contribution in [0, 0.1) is 0 Å². The molecule has 1 aliphatic rings. The number of carbonyl (C=O) groups is 2. The molecule has 1 aromatic heterocycles. The second kappa shape index (κ2) is 9.02. The van der Waals surface area contributed by atoms with E-state index in [0.29, 0.717) is 21.9 Å². The molecule has 1 aliphatic heterocycles. The van der Waals surface area contributed by atoms with Gasteiger partial charge in [-0.25, -0.2) is 0 Å². The van der Waals surface area contributed by atoms with Crippen LogP contribution in [-0.2, 0) is 16.1 Å². The Bertz CT molecular complexity index is 1230. The van der Waals surface area contributed by atoms with Gasteiger partial charge in [-0.3, -0.25) is 14.6 Å². The molecular weight excluding hydrogens is 451 g/mol. The molecule has 1 N–H and O–H groups in total. The number of ether oxygens (including phenoxy) is 1. The fraction of sp³-hybridized carbons (Fsp3) is 0.125. The third-order valence-electron chi connectivity index (χ3n) is 5.22. The second-order valence-corrected chi connectivity index (χ2v) is 8.01. The maximum atomic E-state index is 13.1. The molecule has 2 heterocycles. The topological polar surface area (TPSA) is 79.7 Å². The van der Waals surface area contributed by atoms with Gasteiger partial charge in [0.15, 0.2) is 0 Å². The molecule has 162 valence electrons. The summed E-state index contributed by atoms with van der Waals surface area (Å²) >= 11 is 12.3. The molecule has 0 bridgehead atoms. The number of aromatic nitrogens is 1. The van der Waals surface area contributed by atoms with Crippen molar-refractivity contribution in [2.75, 3.05) is 7.11 Å². The number of halogens is 2. The number of ketones is 1. The molecule has 1 fully saturated rings. The lowest BCUT2D eigenvalue weighted by Gasteiger charge is -2.25. The minimum atomic E-state index is -0.865. The van der Waals surface area contributed by atoms with Crippen LogP contribution in [0.3, 0.4) is 0 Å². The number of hydrogen-bond donors (Lipinski definition) is 1. The van der Waals surface area contributed by atoms with Crippen LogP contribution in [0.5, 0.6) is 5.75 Å². The molecule has 1 unspecified atom stereocenters. The van der Waals surface area contributed by atoms with Crippen LogP contribution in [0.2, 0.25) is 10.0 Å². The third kappa shape index (κ3) is 4.07. The van der Waals surface area contributed by atoms with Gasteiger partial charge in [-0.1, -0.05) is 47.5 Å². The van der Waals surface area contributed by atoms with E-state index >= 15 is 0 Å². The van der Waals surface area contributed by atoms with E-state index in [2.05, 4.69) is 4.98 Å². The van der Waals surface area contributed by atoms with Gasteiger partial charge in [0.05, 0.1) is 28.8 Å². The normalized spacial score (nSPS) is 17.6. The van der Waals surface area contributed by atoms with Gasteiger partial charge in [-0.2, -0.15) is 0 Å². The first-order chi connectivity index (χ1) is 15.4.